The van der Waals surface area contributed by atoms with Gasteiger partial charge in [-0.1, -0.05) is 37.6 Å². The average molecular weight is 277 g/mol. The molecule has 1 aliphatic heterocycles. The van der Waals surface area contributed by atoms with E-state index in [-0.39, 0.29) is 11.9 Å². The van der Waals surface area contributed by atoms with Crippen LogP contribution in [0.25, 0.3) is 0 Å². The maximum absolute atomic E-state index is 12.1. The summed E-state index contributed by atoms with van der Waals surface area (Å²) in [5.41, 5.74) is 2.27. The fourth-order valence-electron chi connectivity index (χ4n) is 2.36. The third-order valence-electron chi connectivity index (χ3n) is 3.49. The van der Waals surface area contributed by atoms with Crippen LogP contribution in [-0.4, -0.2) is 32.3 Å². The summed E-state index contributed by atoms with van der Waals surface area (Å²) in [6.07, 6.45) is 2.16. The maximum Gasteiger partial charge on any atom is 0.314 e. The van der Waals surface area contributed by atoms with Gasteiger partial charge in [-0.15, -0.1) is 0 Å². The monoisotopic (exact) mass is 277 g/mol. The van der Waals surface area contributed by atoms with Crippen LogP contribution in [0.4, 0.5) is 0 Å². The molecule has 1 unspecified atom stereocenters. The number of carbonyl (C=O) groups excluding carboxylic acids is 1. The van der Waals surface area contributed by atoms with Gasteiger partial charge in [0.2, 0.25) is 0 Å². The van der Waals surface area contributed by atoms with Crippen molar-refractivity contribution in [3.8, 4) is 0 Å². The molecule has 20 heavy (non-hydrogen) atoms. The molecule has 1 heterocycles. The summed E-state index contributed by atoms with van der Waals surface area (Å²) in [5, 5.41) is 3.26. The Morgan fingerprint density at radius 3 is 3.00 bits per heavy atom. The lowest BCUT2D eigenvalue weighted by Gasteiger charge is -2.24. The highest BCUT2D eigenvalue weighted by Gasteiger charge is 2.27. The zero-order valence-electron chi connectivity index (χ0n) is 12.1. The number of benzene rings is 1. The van der Waals surface area contributed by atoms with Crippen LogP contribution in [0.3, 0.4) is 0 Å². The molecule has 0 radical (unpaired) electrons. The average Bonchev–Trinajstić information content (AvgIpc) is 2.50. The predicted octanol–water partition coefficient (Wildman–Crippen LogP) is 2.23. The Bertz CT molecular complexity index is 433. The molecule has 0 amide bonds. The van der Waals surface area contributed by atoms with E-state index in [0.29, 0.717) is 19.8 Å². The number of rotatable bonds is 7. The molecule has 1 aromatic carbocycles. The van der Waals surface area contributed by atoms with Crippen LogP contribution in [0.2, 0.25) is 0 Å². The van der Waals surface area contributed by atoms with Crippen molar-refractivity contribution in [2.24, 2.45) is 0 Å². The molecule has 0 saturated heterocycles. The van der Waals surface area contributed by atoms with Gasteiger partial charge in [-0.25, -0.2) is 0 Å². The lowest BCUT2D eigenvalue weighted by molar-refractivity contribution is -0.147. The number of fused-ring (bicyclic) bond motifs is 1. The first-order chi connectivity index (χ1) is 9.83. The minimum Gasteiger partial charge on any atom is -0.463 e. The van der Waals surface area contributed by atoms with E-state index in [4.69, 9.17) is 9.47 Å². The van der Waals surface area contributed by atoms with Crippen molar-refractivity contribution in [3.05, 3.63) is 35.4 Å². The van der Waals surface area contributed by atoms with E-state index in [2.05, 4.69) is 18.3 Å². The van der Waals surface area contributed by atoms with Gasteiger partial charge in [0.25, 0.3) is 0 Å². The number of hydrogen-bond donors (Lipinski definition) is 1. The molecule has 0 aliphatic carbocycles. The summed E-state index contributed by atoms with van der Waals surface area (Å²) in [4.78, 5) is 12.1. The Morgan fingerprint density at radius 2 is 2.15 bits per heavy atom. The van der Waals surface area contributed by atoms with Gasteiger partial charge < -0.3 is 14.8 Å². The number of hydrogen-bond acceptors (Lipinski definition) is 4. The second-order valence-electron chi connectivity index (χ2n) is 5.02. The van der Waals surface area contributed by atoms with E-state index < -0.39 is 0 Å². The molecule has 0 saturated carbocycles. The van der Waals surface area contributed by atoms with Gasteiger partial charge in [-0.05, 0) is 17.5 Å². The molecule has 110 valence electrons. The minimum atomic E-state index is -0.199. The highest BCUT2D eigenvalue weighted by molar-refractivity contribution is 5.79. The molecule has 4 nitrogen and oxygen atoms in total. The van der Waals surface area contributed by atoms with E-state index in [9.17, 15) is 4.79 Å². The molecular weight excluding hydrogens is 254 g/mol. The molecule has 4 heteroatoms. The number of carbonyl (C=O) groups is 1. The van der Waals surface area contributed by atoms with Gasteiger partial charge in [0.15, 0.2) is 0 Å². The molecule has 0 aromatic heterocycles. The van der Waals surface area contributed by atoms with Crippen LogP contribution in [-0.2, 0) is 20.8 Å². The molecule has 2 rings (SSSR count). The second-order valence-corrected chi connectivity index (χ2v) is 5.02. The van der Waals surface area contributed by atoms with Crippen LogP contribution in [0.5, 0.6) is 0 Å². The van der Waals surface area contributed by atoms with E-state index >= 15 is 0 Å². The van der Waals surface area contributed by atoms with E-state index in [1.54, 1.807) is 0 Å². The topological polar surface area (TPSA) is 47.6 Å². The molecular formula is C16H23NO3. The van der Waals surface area contributed by atoms with Crippen molar-refractivity contribution >= 4 is 5.97 Å². The summed E-state index contributed by atoms with van der Waals surface area (Å²) in [6.45, 7) is 5.14. The first kappa shape index (κ1) is 15.0. The smallest absolute Gasteiger partial charge is 0.314 e. The quantitative estimate of drug-likeness (QED) is 0.613. The SMILES string of the molecule is CCCCOCCOC(=O)C1CNCc2ccccc21. The van der Waals surface area contributed by atoms with Gasteiger partial charge in [0.1, 0.15) is 6.61 Å². The summed E-state index contributed by atoms with van der Waals surface area (Å²) in [5.74, 6) is -0.362. The van der Waals surface area contributed by atoms with Gasteiger partial charge >= 0.3 is 5.97 Å². The second kappa shape index (κ2) is 8.02. The molecule has 1 aromatic rings. The zero-order valence-corrected chi connectivity index (χ0v) is 12.1. The third-order valence-corrected chi connectivity index (χ3v) is 3.49. The zero-order chi connectivity index (χ0) is 14.2. The number of ether oxygens (including phenoxy) is 2. The third kappa shape index (κ3) is 4.05. The highest BCUT2D eigenvalue weighted by atomic mass is 16.6. The molecule has 1 atom stereocenters. The summed E-state index contributed by atoms with van der Waals surface area (Å²) >= 11 is 0. The van der Waals surface area contributed by atoms with Gasteiger partial charge in [-0.2, -0.15) is 0 Å². The molecule has 0 bridgehead atoms. The largest absolute Gasteiger partial charge is 0.463 e. The number of esters is 1. The first-order valence-corrected chi connectivity index (χ1v) is 7.35. The highest BCUT2D eigenvalue weighted by Crippen LogP contribution is 2.24. The lowest BCUT2D eigenvalue weighted by Crippen LogP contribution is -2.34. The van der Waals surface area contributed by atoms with Gasteiger partial charge in [-0.3, -0.25) is 4.79 Å². The van der Waals surface area contributed by atoms with Crippen molar-refractivity contribution in [2.75, 3.05) is 26.4 Å². The van der Waals surface area contributed by atoms with Crippen molar-refractivity contribution in [1.29, 1.82) is 0 Å². The number of unbranched alkanes of at least 4 members (excludes halogenated alkanes) is 1. The van der Waals surface area contributed by atoms with Crippen molar-refractivity contribution in [3.63, 3.8) is 0 Å². The first-order valence-electron chi connectivity index (χ1n) is 7.35. The van der Waals surface area contributed by atoms with Gasteiger partial charge in [0, 0.05) is 19.7 Å². The summed E-state index contributed by atoms with van der Waals surface area (Å²) < 4.78 is 10.7. The predicted molar refractivity (Wildman–Crippen MR) is 77.6 cm³/mol. The number of nitrogens with one attached hydrogen (secondary N) is 1. The van der Waals surface area contributed by atoms with E-state index in [1.165, 1.54) is 5.56 Å². The standard InChI is InChI=1S/C16H23NO3/c1-2-3-8-19-9-10-20-16(18)15-12-17-11-13-6-4-5-7-14(13)15/h4-7,15,17H,2-3,8-12H2,1H3. The van der Waals surface area contributed by atoms with Crippen molar-refractivity contribution in [2.45, 2.75) is 32.2 Å². The summed E-state index contributed by atoms with van der Waals surface area (Å²) in [6, 6.07) is 8.03. The fraction of sp³-hybridized carbons (Fsp3) is 0.562. The van der Waals surface area contributed by atoms with E-state index in [1.807, 2.05) is 18.2 Å². The minimum absolute atomic E-state index is 0.163. The van der Waals surface area contributed by atoms with Crippen LogP contribution in [0, 0.1) is 0 Å². The Hall–Kier alpha value is -1.39. The van der Waals surface area contributed by atoms with Gasteiger partial charge in [0.05, 0.1) is 12.5 Å². The summed E-state index contributed by atoms with van der Waals surface area (Å²) in [7, 11) is 0. The van der Waals surface area contributed by atoms with Crippen molar-refractivity contribution in [1.82, 2.24) is 5.32 Å². The fourth-order valence-corrected chi connectivity index (χ4v) is 2.36. The lowest BCUT2D eigenvalue weighted by atomic mass is 9.91. The Kier molecular flexibility index (Phi) is 6.02. The van der Waals surface area contributed by atoms with Crippen LogP contribution in [0.15, 0.2) is 24.3 Å². The molecule has 0 spiro atoms. The van der Waals surface area contributed by atoms with E-state index in [0.717, 1.165) is 31.6 Å². The van der Waals surface area contributed by atoms with Crippen LogP contribution in [0.1, 0.15) is 36.8 Å². The molecule has 1 N–H and O–H groups in total. The maximum atomic E-state index is 12.1. The Balaban J connectivity index is 1.79. The normalized spacial score (nSPS) is 17.6. The molecule has 1 aliphatic rings. The van der Waals surface area contributed by atoms with Crippen LogP contribution >= 0.6 is 0 Å². The Morgan fingerprint density at radius 1 is 1.30 bits per heavy atom. The molecule has 0 fully saturated rings. The Labute approximate surface area is 120 Å². The van der Waals surface area contributed by atoms with Crippen LogP contribution < -0.4 is 5.32 Å². The van der Waals surface area contributed by atoms with Crippen molar-refractivity contribution < 1.29 is 14.3 Å².